The molecule has 0 radical (unpaired) electrons. The van der Waals surface area contributed by atoms with Gasteiger partial charge in [-0.25, -0.2) is 0 Å². The van der Waals surface area contributed by atoms with E-state index in [2.05, 4.69) is 156 Å². The van der Waals surface area contributed by atoms with Crippen molar-refractivity contribution in [3.63, 3.8) is 0 Å². The third-order valence-corrected chi connectivity index (χ3v) is 7.14. The first-order valence-corrected chi connectivity index (χ1v) is 13.5. The van der Waals surface area contributed by atoms with Gasteiger partial charge in [-0.1, -0.05) is 163 Å². The molecule has 0 saturated heterocycles. The van der Waals surface area contributed by atoms with Gasteiger partial charge in [-0.3, -0.25) is 0 Å². The maximum Gasteiger partial charge on any atom is 0 e. The van der Waals surface area contributed by atoms with Crippen LogP contribution in [0.2, 0.25) is 0 Å². The van der Waals surface area contributed by atoms with Gasteiger partial charge in [0.15, 0.2) is 0 Å². The number of fused-ring (bicyclic) bond motifs is 2. The molecule has 0 aliphatic heterocycles. The Bertz CT molecular complexity index is 1240. The Morgan fingerprint density at radius 1 is 0.316 bits per heavy atom. The van der Waals surface area contributed by atoms with Crippen LogP contribution in [0.1, 0.15) is 113 Å². The maximum atomic E-state index is 2.34. The molecule has 206 valence electrons. The van der Waals surface area contributed by atoms with Crippen LogP contribution in [0.15, 0.2) is 72.8 Å². The minimum atomic E-state index is 0. The van der Waals surface area contributed by atoms with Crippen molar-refractivity contribution in [2.24, 2.45) is 0 Å². The Hall–Kier alpha value is -1.91. The predicted octanol–water partition coefficient (Wildman–Crippen LogP) is 11.5. The Kier molecular flexibility index (Phi) is 10.8. The predicted molar refractivity (Wildman–Crippen MR) is 169 cm³/mol. The van der Waals surface area contributed by atoms with Crippen LogP contribution in [-0.4, -0.2) is 0 Å². The molecule has 0 aromatic heterocycles. The van der Waals surface area contributed by atoms with Gasteiger partial charge in [0.1, 0.15) is 0 Å². The molecule has 4 aromatic carbocycles. The molecule has 0 nitrogen and oxygen atoms in total. The molecule has 0 atom stereocenters. The molecular formula is C37H52W. The van der Waals surface area contributed by atoms with E-state index in [9.17, 15) is 0 Å². The van der Waals surface area contributed by atoms with Crippen molar-refractivity contribution in [3.05, 3.63) is 95.1 Å². The summed E-state index contributed by atoms with van der Waals surface area (Å²) in [5.74, 6) is 0. The molecular weight excluding hydrogens is 628 g/mol. The first kappa shape index (κ1) is 34.1. The first-order chi connectivity index (χ1) is 16.4. The van der Waals surface area contributed by atoms with E-state index < -0.39 is 0 Å². The fraction of sp³-hybridized carbons (Fsp3) is 0.459. The second-order valence-electron chi connectivity index (χ2n) is 14.6. The van der Waals surface area contributed by atoms with Gasteiger partial charge in [0, 0.05) is 21.1 Å². The van der Waals surface area contributed by atoms with E-state index in [1.807, 2.05) is 0 Å². The van der Waals surface area contributed by atoms with Crippen LogP contribution in [-0.2, 0) is 42.7 Å². The molecule has 0 heterocycles. The average molecular weight is 681 g/mol. The van der Waals surface area contributed by atoms with Crippen LogP contribution in [0.5, 0.6) is 0 Å². The Labute approximate surface area is 248 Å². The van der Waals surface area contributed by atoms with Gasteiger partial charge in [-0.15, -0.1) is 0 Å². The van der Waals surface area contributed by atoms with Crippen molar-refractivity contribution in [2.45, 2.75) is 112 Å². The van der Waals surface area contributed by atoms with Crippen molar-refractivity contribution in [3.8, 4) is 0 Å². The SMILES string of the molecule is C.CC(C)(C)c1ccc2cc(C(C)(C)C)ccc2c1.CC(C)(C)c1ccc2ccc(C(C)(C)C)cc2c1.[W]. The molecule has 0 amide bonds. The number of benzene rings is 4. The Balaban J connectivity index is 0.000000361. The van der Waals surface area contributed by atoms with Crippen molar-refractivity contribution in [1.82, 2.24) is 0 Å². The van der Waals surface area contributed by atoms with E-state index >= 15 is 0 Å². The third-order valence-electron chi connectivity index (χ3n) is 7.14. The fourth-order valence-electron chi connectivity index (χ4n) is 4.36. The minimum Gasteiger partial charge on any atom is -0.0776 e. The molecule has 4 aromatic rings. The quantitative estimate of drug-likeness (QED) is 0.173. The van der Waals surface area contributed by atoms with E-state index in [4.69, 9.17) is 0 Å². The van der Waals surface area contributed by atoms with Crippen molar-refractivity contribution in [2.75, 3.05) is 0 Å². The maximum absolute atomic E-state index is 2.34. The Morgan fingerprint density at radius 2 is 0.526 bits per heavy atom. The largest absolute Gasteiger partial charge is 0.0776 e. The summed E-state index contributed by atoms with van der Waals surface area (Å²) < 4.78 is 0. The van der Waals surface area contributed by atoms with Crippen LogP contribution >= 0.6 is 0 Å². The molecule has 0 spiro atoms. The van der Waals surface area contributed by atoms with E-state index in [0.29, 0.717) is 0 Å². The normalized spacial score (nSPS) is 12.3. The summed E-state index contributed by atoms with van der Waals surface area (Å²) in [6, 6.07) is 27.3. The van der Waals surface area contributed by atoms with E-state index in [1.54, 1.807) is 0 Å². The topological polar surface area (TPSA) is 0 Å². The zero-order valence-corrected chi connectivity index (χ0v) is 28.3. The molecule has 0 unspecified atom stereocenters. The monoisotopic (exact) mass is 680 g/mol. The zero-order valence-electron chi connectivity index (χ0n) is 25.3. The summed E-state index contributed by atoms with van der Waals surface area (Å²) in [4.78, 5) is 0. The molecule has 0 bridgehead atoms. The van der Waals surface area contributed by atoms with Crippen LogP contribution < -0.4 is 0 Å². The second kappa shape index (κ2) is 12.1. The number of rotatable bonds is 0. The van der Waals surface area contributed by atoms with E-state index in [0.717, 1.165) is 0 Å². The Morgan fingerprint density at radius 3 is 0.763 bits per heavy atom. The molecule has 1 heteroatoms. The standard InChI is InChI=1S/2C18H24.CH4.W/c1-17(2,3)15-9-7-14-12-16(18(4,5)6)10-8-13(14)11-15;1-17(2,3)15-9-7-13-8-10-16(18(4,5)6)12-14(13)11-15;;/h2*7-12H,1-6H3;1H4;. The molecule has 0 fully saturated rings. The van der Waals surface area contributed by atoms with Gasteiger partial charge in [-0.05, 0) is 65.5 Å². The van der Waals surface area contributed by atoms with Crippen LogP contribution in [0, 0.1) is 0 Å². The summed E-state index contributed by atoms with van der Waals surface area (Å²) in [5.41, 5.74) is 6.48. The van der Waals surface area contributed by atoms with Crippen molar-refractivity contribution in [1.29, 1.82) is 0 Å². The fourth-order valence-corrected chi connectivity index (χ4v) is 4.36. The van der Waals surface area contributed by atoms with Gasteiger partial charge in [0.25, 0.3) is 0 Å². The molecule has 0 aliphatic rings. The van der Waals surface area contributed by atoms with Crippen LogP contribution in [0.3, 0.4) is 0 Å². The zero-order chi connectivity index (χ0) is 27.1. The summed E-state index contributed by atoms with van der Waals surface area (Å²) in [6.07, 6.45) is 0. The molecule has 0 saturated carbocycles. The molecule has 0 aliphatic carbocycles. The summed E-state index contributed by atoms with van der Waals surface area (Å²) in [7, 11) is 0. The summed E-state index contributed by atoms with van der Waals surface area (Å²) in [5, 5.41) is 5.37. The number of hydrogen-bond donors (Lipinski definition) is 0. The van der Waals surface area contributed by atoms with Crippen LogP contribution in [0.25, 0.3) is 21.5 Å². The van der Waals surface area contributed by atoms with Gasteiger partial charge >= 0.3 is 0 Å². The number of hydrogen-bond acceptors (Lipinski definition) is 0. The van der Waals surface area contributed by atoms with Gasteiger partial charge < -0.3 is 0 Å². The summed E-state index contributed by atoms with van der Waals surface area (Å²) >= 11 is 0. The van der Waals surface area contributed by atoms with Gasteiger partial charge in [-0.2, -0.15) is 0 Å². The second-order valence-corrected chi connectivity index (χ2v) is 14.6. The molecule has 0 N–H and O–H groups in total. The van der Waals surface area contributed by atoms with E-state index in [-0.39, 0.29) is 50.2 Å². The van der Waals surface area contributed by atoms with Crippen molar-refractivity contribution < 1.29 is 21.1 Å². The first-order valence-electron chi connectivity index (χ1n) is 13.5. The molecule has 38 heavy (non-hydrogen) atoms. The van der Waals surface area contributed by atoms with Crippen LogP contribution in [0.4, 0.5) is 0 Å². The average Bonchev–Trinajstić information content (AvgIpc) is 2.75. The molecule has 4 rings (SSSR count). The van der Waals surface area contributed by atoms with Gasteiger partial charge in [0.2, 0.25) is 0 Å². The third kappa shape index (κ3) is 8.54. The van der Waals surface area contributed by atoms with Crippen molar-refractivity contribution >= 4 is 21.5 Å². The smallest absolute Gasteiger partial charge is 0 e. The minimum absolute atomic E-state index is 0. The summed E-state index contributed by atoms with van der Waals surface area (Å²) in [6.45, 7) is 27.2. The van der Waals surface area contributed by atoms with Gasteiger partial charge in [0.05, 0.1) is 0 Å². The van der Waals surface area contributed by atoms with E-state index in [1.165, 1.54) is 43.8 Å².